The molecule has 8 heteroatoms. The molecule has 0 saturated heterocycles. The van der Waals surface area contributed by atoms with E-state index in [2.05, 4.69) is 0 Å². The summed E-state index contributed by atoms with van der Waals surface area (Å²) < 4.78 is 38.4. The number of carbonyl (C=O) groups is 2. The van der Waals surface area contributed by atoms with Crippen LogP contribution in [0, 0.1) is 11.3 Å². The first kappa shape index (κ1) is 27.1. The van der Waals surface area contributed by atoms with Crippen molar-refractivity contribution < 1.29 is 31.7 Å². The summed E-state index contributed by atoms with van der Waals surface area (Å²) in [6.07, 6.45) is 1.76. The number of benzene rings is 1. The number of ether oxygens (including phenoxy) is 2. The van der Waals surface area contributed by atoms with Crippen molar-refractivity contribution in [2.75, 3.05) is 12.9 Å². The third kappa shape index (κ3) is 11.3. The van der Waals surface area contributed by atoms with Gasteiger partial charge in [0.1, 0.15) is 12.2 Å². The second-order valence-corrected chi connectivity index (χ2v) is 11.0. The van der Waals surface area contributed by atoms with Gasteiger partial charge in [0, 0.05) is 0 Å². The van der Waals surface area contributed by atoms with Crippen LogP contribution in [0.5, 0.6) is 0 Å². The molecule has 0 saturated carbocycles. The molecule has 0 aliphatic rings. The molecule has 0 N–H and O–H groups in total. The van der Waals surface area contributed by atoms with E-state index in [-0.39, 0.29) is 38.4 Å². The lowest BCUT2D eigenvalue weighted by Gasteiger charge is -2.35. The summed E-state index contributed by atoms with van der Waals surface area (Å²) in [6.45, 7) is 9.27. The van der Waals surface area contributed by atoms with Crippen molar-refractivity contribution in [3.63, 3.8) is 0 Å². The predicted octanol–water partition coefficient (Wildman–Crippen LogP) is 4.25. The lowest BCUT2D eigenvalue weighted by molar-refractivity contribution is -0.174. The van der Waals surface area contributed by atoms with E-state index in [1.165, 1.54) is 0 Å². The molecular weight excluding hydrogens is 420 g/mol. The Hall–Kier alpha value is -1.93. The second kappa shape index (κ2) is 11.6. The topological polar surface area (TPSA) is 96.0 Å². The van der Waals surface area contributed by atoms with Crippen LogP contribution in [0.2, 0.25) is 0 Å². The summed E-state index contributed by atoms with van der Waals surface area (Å²) in [7, 11) is -3.58. The molecule has 0 aliphatic heterocycles. The van der Waals surface area contributed by atoms with Gasteiger partial charge in [0.25, 0.3) is 10.1 Å². The maximum Gasteiger partial charge on any atom is 0.313 e. The van der Waals surface area contributed by atoms with Crippen LogP contribution in [0.3, 0.4) is 0 Å². The number of carbonyl (C=O) groups excluding carboxylic acids is 2. The molecule has 0 aliphatic carbocycles. The van der Waals surface area contributed by atoms with Gasteiger partial charge in [-0.3, -0.25) is 13.8 Å². The first-order valence-electron chi connectivity index (χ1n) is 10.5. The van der Waals surface area contributed by atoms with Crippen molar-refractivity contribution in [1.82, 2.24) is 0 Å². The van der Waals surface area contributed by atoms with Crippen LogP contribution in [-0.2, 0) is 40.0 Å². The molecular formula is C23H36O7S. The molecule has 1 atom stereocenters. The normalized spacial score (nSPS) is 14.2. The minimum Gasteiger partial charge on any atom is -0.461 e. The van der Waals surface area contributed by atoms with E-state index < -0.39 is 33.1 Å². The zero-order valence-corrected chi connectivity index (χ0v) is 20.3. The smallest absolute Gasteiger partial charge is 0.313 e. The monoisotopic (exact) mass is 456 g/mol. The summed E-state index contributed by atoms with van der Waals surface area (Å²) in [6, 6.07) is 9.29. The Balaban J connectivity index is 3.01. The van der Waals surface area contributed by atoms with Crippen LogP contribution in [0.1, 0.15) is 65.9 Å². The van der Waals surface area contributed by atoms with Crippen molar-refractivity contribution in [3.8, 4) is 0 Å². The largest absolute Gasteiger partial charge is 0.461 e. The van der Waals surface area contributed by atoms with Crippen LogP contribution < -0.4 is 0 Å². The second-order valence-electron chi connectivity index (χ2n) is 9.33. The van der Waals surface area contributed by atoms with Gasteiger partial charge in [0.05, 0.1) is 24.7 Å². The van der Waals surface area contributed by atoms with Gasteiger partial charge in [-0.15, -0.1) is 0 Å². The zero-order valence-electron chi connectivity index (χ0n) is 19.5. The molecule has 1 aromatic carbocycles. The average molecular weight is 457 g/mol. The molecule has 0 bridgehead atoms. The summed E-state index contributed by atoms with van der Waals surface area (Å²) in [5.74, 6) is -0.880. The fourth-order valence-electron chi connectivity index (χ4n) is 3.37. The van der Waals surface area contributed by atoms with Crippen molar-refractivity contribution in [2.45, 2.75) is 72.5 Å². The Morgan fingerprint density at radius 1 is 1.06 bits per heavy atom. The SMILES string of the molecule is CC(C)CC(CCCOS(C)(=O)=O)(CC(=O)OCc1ccccc1)C(=O)OC(C)(C)C. The summed E-state index contributed by atoms with van der Waals surface area (Å²) in [5, 5.41) is 0. The maximum atomic E-state index is 13.2. The molecule has 0 aromatic heterocycles. The highest BCUT2D eigenvalue weighted by Gasteiger charge is 2.44. The lowest BCUT2D eigenvalue weighted by atomic mass is 9.73. The Morgan fingerprint density at radius 3 is 2.19 bits per heavy atom. The van der Waals surface area contributed by atoms with Crippen molar-refractivity contribution in [2.24, 2.45) is 11.3 Å². The van der Waals surface area contributed by atoms with Crippen LogP contribution in [0.25, 0.3) is 0 Å². The number of esters is 2. The molecule has 31 heavy (non-hydrogen) atoms. The Kier molecular flexibility index (Phi) is 10.2. The number of hydrogen-bond acceptors (Lipinski definition) is 7. The molecule has 0 amide bonds. The van der Waals surface area contributed by atoms with Crippen molar-refractivity contribution in [1.29, 1.82) is 0 Å². The zero-order chi connectivity index (χ0) is 23.7. The standard InChI is InChI=1S/C23H36O7S/c1-18(2)15-23(21(25)30-22(3,4)5,13-10-14-29-31(6,26)27)16-20(24)28-17-19-11-8-7-9-12-19/h7-9,11-12,18H,10,13-17H2,1-6H3. The van der Waals surface area contributed by atoms with E-state index in [0.29, 0.717) is 6.42 Å². The van der Waals surface area contributed by atoms with Crippen LogP contribution >= 0.6 is 0 Å². The Labute approximate surface area is 186 Å². The van der Waals surface area contributed by atoms with E-state index >= 15 is 0 Å². The third-order valence-electron chi connectivity index (χ3n) is 4.45. The molecule has 0 fully saturated rings. The van der Waals surface area contributed by atoms with Gasteiger partial charge in [-0.2, -0.15) is 8.42 Å². The van der Waals surface area contributed by atoms with Gasteiger partial charge in [0.15, 0.2) is 0 Å². The molecule has 1 rings (SSSR count). The van der Waals surface area contributed by atoms with Crippen LogP contribution in [0.15, 0.2) is 30.3 Å². The van der Waals surface area contributed by atoms with E-state index in [0.717, 1.165) is 11.8 Å². The fraction of sp³-hybridized carbons (Fsp3) is 0.652. The van der Waals surface area contributed by atoms with Gasteiger partial charge in [-0.25, -0.2) is 0 Å². The number of hydrogen-bond donors (Lipinski definition) is 0. The maximum absolute atomic E-state index is 13.2. The predicted molar refractivity (Wildman–Crippen MR) is 119 cm³/mol. The van der Waals surface area contributed by atoms with Gasteiger partial charge in [-0.05, 0) is 51.5 Å². The minimum absolute atomic E-state index is 0.0689. The highest BCUT2D eigenvalue weighted by Crippen LogP contribution is 2.39. The summed E-state index contributed by atoms with van der Waals surface area (Å²) >= 11 is 0. The summed E-state index contributed by atoms with van der Waals surface area (Å²) in [5.41, 5.74) is -1.00. The molecule has 7 nitrogen and oxygen atoms in total. The molecule has 0 heterocycles. The highest BCUT2D eigenvalue weighted by molar-refractivity contribution is 7.85. The quantitative estimate of drug-likeness (QED) is 0.263. The first-order valence-corrected chi connectivity index (χ1v) is 12.3. The summed E-state index contributed by atoms with van der Waals surface area (Å²) in [4.78, 5) is 25.9. The number of rotatable bonds is 12. The van der Waals surface area contributed by atoms with Crippen molar-refractivity contribution in [3.05, 3.63) is 35.9 Å². The molecule has 1 unspecified atom stereocenters. The van der Waals surface area contributed by atoms with Gasteiger partial charge >= 0.3 is 11.9 Å². The van der Waals surface area contributed by atoms with Crippen molar-refractivity contribution >= 4 is 22.1 Å². The van der Waals surface area contributed by atoms with E-state index in [1.54, 1.807) is 20.8 Å². The fourth-order valence-corrected chi connectivity index (χ4v) is 3.79. The highest BCUT2D eigenvalue weighted by atomic mass is 32.2. The molecule has 0 radical (unpaired) electrons. The third-order valence-corrected chi connectivity index (χ3v) is 5.05. The van der Waals surface area contributed by atoms with Gasteiger partial charge in [0.2, 0.25) is 0 Å². The van der Waals surface area contributed by atoms with Gasteiger partial charge in [-0.1, -0.05) is 44.2 Å². The van der Waals surface area contributed by atoms with Crippen LogP contribution in [-0.4, -0.2) is 38.8 Å². The van der Waals surface area contributed by atoms with E-state index in [1.807, 2.05) is 44.2 Å². The lowest BCUT2D eigenvalue weighted by Crippen LogP contribution is -2.41. The molecule has 1 aromatic rings. The van der Waals surface area contributed by atoms with E-state index in [9.17, 15) is 18.0 Å². The first-order chi connectivity index (χ1) is 14.2. The Morgan fingerprint density at radius 2 is 1.68 bits per heavy atom. The molecule has 176 valence electrons. The molecule has 0 spiro atoms. The van der Waals surface area contributed by atoms with Gasteiger partial charge < -0.3 is 9.47 Å². The average Bonchev–Trinajstić information content (AvgIpc) is 2.61. The van der Waals surface area contributed by atoms with Crippen LogP contribution in [0.4, 0.5) is 0 Å². The Bertz CT molecular complexity index is 810. The van der Waals surface area contributed by atoms with E-state index in [4.69, 9.17) is 13.7 Å². The minimum atomic E-state index is -3.58.